The number of amides is 2. The topological polar surface area (TPSA) is 99.1 Å². The molecule has 260 valence electrons. The number of aliphatic hydroxyl groups is 2. The van der Waals surface area contributed by atoms with Gasteiger partial charge in [0.25, 0.3) is 0 Å². The van der Waals surface area contributed by atoms with Gasteiger partial charge in [-0.3, -0.25) is 4.79 Å². The number of aliphatic hydroxyl groups excluding tert-OH is 2. The Bertz CT molecular complexity index is 1120. The Labute approximate surface area is 279 Å². The first-order valence-corrected chi connectivity index (χ1v) is 18.8. The highest BCUT2D eigenvalue weighted by Gasteiger charge is 2.57. The number of hydrogen-bond donors (Lipinski definition) is 3. The molecule has 3 N–H and O–H groups in total. The molecule has 5 aliphatic rings. The van der Waals surface area contributed by atoms with Crippen molar-refractivity contribution in [1.82, 2.24) is 10.2 Å². The van der Waals surface area contributed by atoms with Gasteiger partial charge in [0.15, 0.2) is 0 Å². The smallest absolute Gasteiger partial charge is 0.407 e. The maximum absolute atomic E-state index is 12.7. The third kappa shape index (κ3) is 7.56. The van der Waals surface area contributed by atoms with Crippen LogP contribution in [0.2, 0.25) is 0 Å². The lowest BCUT2D eigenvalue weighted by atomic mass is 9.46. The van der Waals surface area contributed by atoms with Crippen molar-refractivity contribution in [2.45, 2.75) is 130 Å². The fourth-order valence-corrected chi connectivity index (χ4v) is 10.4. The molecular weight excluding hydrogens is 576 g/mol. The highest BCUT2D eigenvalue weighted by Crippen LogP contribution is 2.65. The normalized spacial score (nSPS) is 37.3. The second-order valence-corrected chi connectivity index (χ2v) is 16.8. The van der Waals surface area contributed by atoms with E-state index in [1.54, 1.807) is 4.90 Å². The number of nitrogens with one attached hydrogen (secondary N) is 1. The van der Waals surface area contributed by atoms with Gasteiger partial charge >= 0.3 is 6.09 Å². The first-order chi connectivity index (χ1) is 22.0. The zero-order valence-electron chi connectivity index (χ0n) is 29.5. The lowest BCUT2D eigenvalue weighted by Crippen LogP contribution is -2.51. The highest BCUT2D eigenvalue weighted by atomic mass is 16.6. The monoisotopic (exact) mass is 640 g/mol. The molecule has 1 heterocycles. The van der Waals surface area contributed by atoms with Crippen molar-refractivity contribution in [3.05, 3.63) is 23.8 Å². The van der Waals surface area contributed by atoms with Crippen LogP contribution in [0.5, 0.6) is 0 Å². The van der Waals surface area contributed by atoms with Crippen LogP contribution in [0.4, 0.5) is 4.79 Å². The number of fused-ring (bicyclic) bond motifs is 5. The maximum atomic E-state index is 12.7. The van der Waals surface area contributed by atoms with Crippen LogP contribution in [0.3, 0.4) is 0 Å². The summed E-state index contributed by atoms with van der Waals surface area (Å²) in [7, 11) is 0. The molecule has 7 nitrogen and oxygen atoms in total. The van der Waals surface area contributed by atoms with E-state index < -0.39 is 6.10 Å². The largest absolute Gasteiger partial charge is 0.446 e. The van der Waals surface area contributed by atoms with E-state index in [1.165, 1.54) is 37.7 Å². The number of carbonyl (C=O) groups is 2. The molecule has 1 aliphatic heterocycles. The summed E-state index contributed by atoms with van der Waals surface area (Å²) >= 11 is 0. The number of ether oxygens (including phenoxy) is 1. The molecule has 7 heteroatoms. The number of β-amino-alcohol motifs (C(OH)–C–C–N with tert-alkyl or cyclic N) is 1. The minimum Gasteiger partial charge on any atom is -0.446 e. The van der Waals surface area contributed by atoms with Gasteiger partial charge in [0.2, 0.25) is 5.91 Å². The number of unbranched alkanes of at least 4 members (excludes halogenated alkanes) is 2. The first-order valence-electron chi connectivity index (χ1n) is 18.8. The number of carbonyl (C=O) groups excluding carboxylic acids is 2. The van der Waals surface area contributed by atoms with Crippen LogP contribution in [0.15, 0.2) is 23.8 Å². The molecule has 0 aromatic carbocycles. The van der Waals surface area contributed by atoms with Gasteiger partial charge in [-0.05, 0) is 91.3 Å². The van der Waals surface area contributed by atoms with Crippen LogP contribution in [-0.2, 0) is 9.53 Å². The number of nitrogens with zero attached hydrogens (tertiary/aromatic N) is 1. The molecular formula is C39H64N2O5. The van der Waals surface area contributed by atoms with E-state index >= 15 is 0 Å². The van der Waals surface area contributed by atoms with E-state index in [0.29, 0.717) is 43.3 Å². The van der Waals surface area contributed by atoms with Gasteiger partial charge in [-0.15, -0.1) is 0 Å². The van der Waals surface area contributed by atoms with E-state index in [4.69, 9.17) is 4.74 Å². The minimum atomic E-state index is -0.632. The second kappa shape index (κ2) is 15.1. The minimum absolute atomic E-state index is 0.0308. The fourth-order valence-electron chi connectivity index (χ4n) is 10.4. The van der Waals surface area contributed by atoms with Crippen molar-refractivity contribution in [3.63, 3.8) is 0 Å². The molecule has 3 fully saturated rings. The van der Waals surface area contributed by atoms with Crippen molar-refractivity contribution in [2.24, 2.45) is 52.3 Å². The van der Waals surface area contributed by atoms with Crippen LogP contribution >= 0.6 is 0 Å². The molecule has 7 unspecified atom stereocenters. The SMILES string of the molecule is CC(C)CCCC(C)C1C=CC2C3CC=C4C[C@@H](OC(=O)NCCCCCC(=O)N5CC(O)C(CO)C5)CC[C@]4(C)C3CC[C@]12C. The average molecular weight is 641 g/mol. The summed E-state index contributed by atoms with van der Waals surface area (Å²) in [6, 6.07) is 0. The molecule has 1 saturated heterocycles. The van der Waals surface area contributed by atoms with Crippen LogP contribution in [0, 0.1) is 52.3 Å². The summed E-state index contributed by atoms with van der Waals surface area (Å²) in [6.07, 6.45) is 20.4. The van der Waals surface area contributed by atoms with Gasteiger partial charge in [-0.2, -0.15) is 0 Å². The summed E-state index contributed by atoms with van der Waals surface area (Å²) in [5.74, 6) is 4.19. The van der Waals surface area contributed by atoms with E-state index in [2.05, 4.69) is 58.2 Å². The fraction of sp³-hybridized carbons (Fsp3) is 0.846. The summed E-state index contributed by atoms with van der Waals surface area (Å²) < 4.78 is 5.93. The van der Waals surface area contributed by atoms with Crippen molar-refractivity contribution in [1.29, 1.82) is 0 Å². The average Bonchev–Trinajstić information content (AvgIpc) is 3.58. The highest BCUT2D eigenvalue weighted by molar-refractivity contribution is 5.76. The van der Waals surface area contributed by atoms with Gasteiger partial charge in [0.1, 0.15) is 6.10 Å². The zero-order valence-corrected chi connectivity index (χ0v) is 29.5. The molecule has 0 aromatic rings. The maximum Gasteiger partial charge on any atom is 0.407 e. The molecule has 0 spiro atoms. The number of rotatable bonds is 13. The Kier molecular flexibility index (Phi) is 11.7. The third-order valence-electron chi connectivity index (χ3n) is 13.3. The molecule has 5 rings (SSSR count). The van der Waals surface area contributed by atoms with Gasteiger partial charge in [-0.1, -0.05) is 84.1 Å². The second-order valence-electron chi connectivity index (χ2n) is 16.8. The van der Waals surface area contributed by atoms with E-state index in [1.807, 2.05) is 0 Å². The van der Waals surface area contributed by atoms with Gasteiger partial charge in [-0.25, -0.2) is 4.79 Å². The van der Waals surface area contributed by atoms with Crippen LogP contribution in [0.1, 0.15) is 118 Å². The lowest BCUT2D eigenvalue weighted by Gasteiger charge is -2.58. The predicted molar refractivity (Wildman–Crippen MR) is 183 cm³/mol. The molecule has 46 heavy (non-hydrogen) atoms. The Morgan fingerprint density at radius 3 is 2.59 bits per heavy atom. The van der Waals surface area contributed by atoms with Gasteiger partial charge < -0.3 is 25.2 Å². The van der Waals surface area contributed by atoms with Crippen LogP contribution in [0.25, 0.3) is 0 Å². The van der Waals surface area contributed by atoms with E-state index in [-0.39, 0.29) is 36.0 Å². The standard InChI is InChI=1S/C39H64N2O5/c1-26(2)10-9-11-27(3)32-15-16-33-31-14-13-29-22-30(17-19-38(29,4)34(31)18-20-39(32,33)5)46-37(45)40-21-8-6-7-12-36(44)41-23-28(25-42)35(43)24-41/h13,15-16,26-28,30-35,42-43H,6-12,14,17-25H2,1-5H3,(H,40,45)/t27?,28?,30-,31?,32?,33?,34?,35?,38-,39+/m0/s1. The van der Waals surface area contributed by atoms with Crippen molar-refractivity contribution in [3.8, 4) is 0 Å². The summed E-state index contributed by atoms with van der Waals surface area (Å²) in [5, 5.41) is 22.2. The quantitative estimate of drug-likeness (QED) is 0.145. The van der Waals surface area contributed by atoms with Crippen LogP contribution < -0.4 is 5.32 Å². The summed E-state index contributed by atoms with van der Waals surface area (Å²) in [4.78, 5) is 26.7. The Morgan fingerprint density at radius 2 is 1.85 bits per heavy atom. The van der Waals surface area contributed by atoms with Crippen molar-refractivity contribution < 1.29 is 24.5 Å². The Hall–Kier alpha value is -1.86. The Morgan fingerprint density at radius 1 is 1.04 bits per heavy atom. The van der Waals surface area contributed by atoms with Crippen molar-refractivity contribution in [2.75, 3.05) is 26.2 Å². The first kappa shape index (κ1) is 35.4. The van der Waals surface area contributed by atoms with E-state index in [9.17, 15) is 19.8 Å². The molecule has 0 bridgehead atoms. The number of allylic oxidation sites excluding steroid dienone is 3. The zero-order chi connectivity index (χ0) is 33.1. The third-order valence-corrected chi connectivity index (χ3v) is 13.3. The molecule has 2 saturated carbocycles. The summed E-state index contributed by atoms with van der Waals surface area (Å²) in [5.41, 5.74) is 2.15. The van der Waals surface area contributed by atoms with Gasteiger partial charge in [0, 0.05) is 38.4 Å². The number of likely N-dealkylation sites (tertiary alicyclic amines) is 1. The number of alkyl carbamates (subject to hydrolysis) is 1. The molecule has 0 radical (unpaired) electrons. The predicted octanol–water partition coefficient (Wildman–Crippen LogP) is 7.27. The van der Waals surface area contributed by atoms with Gasteiger partial charge in [0.05, 0.1) is 12.7 Å². The lowest BCUT2D eigenvalue weighted by molar-refractivity contribution is -0.130. The Balaban J connectivity index is 1.04. The number of hydrogen-bond acceptors (Lipinski definition) is 5. The summed E-state index contributed by atoms with van der Waals surface area (Å²) in [6.45, 7) is 13.5. The van der Waals surface area contributed by atoms with Crippen LogP contribution in [-0.4, -0.2) is 65.6 Å². The molecule has 2 amide bonds. The molecule has 4 aliphatic carbocycles. The van der Waals surface area contributed by atoms with Crippen molar-refractivity contribution >= 4 is 12.0 Å². The molecule has 0 aromatic heterocycles. The molecule has 10 atom stereocenters. The van der Waals surface area contributed by atoms with E-state index in [0.717, 1.165) is 68.6 Å².